The lowest BCUT2D eigenvalue weighted by atomic mass is 10.3. The number of nitrogens with one attached hydrogen (secondary N) is 1. The molecule has 0 saturated carbocycles. The first-order valence-electron chi connectivity index (χ1n) is 7.98. The van der Waals surface area contributed by atoms with Crippen LogP contribution in [0.2, 0.25) is 0 Å². The van der Waals surface area contributed by atoms with Crippen molar-refractivity contribution in [1.82, 2.24) is 20.2 Å². The Balaban J connectivity index is 1.66. The first kappa shape index (κ1) is 17.4. The van der Waals surface area contributed by atoms with Crippen LogP contribution in [0.15, 0.2) is 23.5 Å². The van der Waals surface area contributed by atoms with Gasteiger partial charge in [-0.25, -0.2) is 9.97 Å². The number of piperazine rings is 1. The van der Waals surface area contributed by atoms with Gasteiger partial charge in [-0.05, 0) is 13.0 Å². The number of aliphatic imine (C=N–C) groups is 1. The van der Waals surface area contributed by atoms with Gasteiger partial charge in [0.1, 0.15) is 0 Å². The number of nitrogens with zero attached hydrogens (tertiary/aromatic N) is 5. The highest BCUT2D eigenvalue weighted by molar-refractivity contribution is 5.78. The van der Waals surface area contributed by atoms with Crippen LogP contribution in [0.25, 0.3) is 0 Å². The topological polar surface area (TPSA) is 91.9 Å². The minimum Gasteiger partial charge on any atom is -0.383 e. The predicted octanol–water partition coefficient (Wildman–Crippen LogP) is -0.462. The van der Waals surface area contributed by atoms with E-state index >= 15 is 0 Å². The normalized spacial score (nSPS) is 18.0. The Labute approximate surface area is 137 Å². The zero-order valence-electron chi connectivity index (χ0n) is 14.0. The molecule has 2 heterocycles. The summed E-state index contributed by atoms with van der Waals surface area (Å²) in [6, 6.07) is 2.00. The number of anilines is 1. The first-order chi connectivity index (χ1) is 11.2. The van der Waals surface area contributed by atoms with Gasteiger partial charge >= 0.3 is 0 Å². The molecule has 1 fully saturated rings. The molecule has 1 aromatic heterocycles. The summed E-state index contributed by atoms with van der Waals surface area (Å²) in [6.07, 6.45) is 3.56. The molecule has 3 N–H and O–H groups in total. The predicted molar refractivity (Wildman–Crippen MR) is 91.6 cm³/mol. The van der Waals surface area contributed by atoms with Crippen LogP contribution in [-0.4, -0.2) is 79.9 Å². The molecular weight excluding hydrogens is 294 g/mol. The molecule has 8 nitrogen and oxygen atoms in total. The van der Waals surface area contributed by atoms with Gasteiger partial charge in [0.15, 0.2) is 5.96 Å². The molecule has 128 valence electrons. The summed E-state index contributed by atoms with van der Waals surface area (Å²) in [4.78, 5) is 17.5. The molecule has 0 bridgehead atoms. The SMILES string of the molecule is COCC(C)NC(N)=NCCN1CCN(c2ncccn2)CC1. The van der Waals surface area contributed by atoms with E-state index in [2.05, 4.69) is 30.1 Å². The molecule has 1 atom stereocenters. The fraction of sp³-hybridized carbons (Fsp3) is 0.667. The van der Waals surface area contributed by atoms with E-state index in [4.69, 9.17) is 10.5 Å². The Morgan fingerprint density at radius 3 is 2.70 bits per heavy atom. The van der Waals surface area contributed by atoms with Gasteiger partial charge in [0.2, 0.25) is 5.95 Å². The lowest BCUT2D eigenvalue weighted by Gasteiger charge is -2.34. The molecule has 23 heavy (non-hydrogen) atoms. The van der Waals surface area contributed by atoms with Gasteiger partial charge in [-0.1, -0.05) is 0 Å². The van der Waals surface area contributed by atoms with Crippen molar-refractivity contribution in [3.8, 4) is 0 Å². The van der Waals surface area contributed by atoms with E-state index in [1.165, 1.54) is 0 Å². The summed E-state index contributed by atoms with van der Waals surface area (Å²) in [5.41, 5.74) is 5.86. The van der Waals surface area contributed by atoms with Crippen LogP contribution in [0.3, 0.4) is 0 Å². The number of hydrogen-bond donors (Lipinski definition) is 2. The summed E-state index contributed by atoms with van der Waals surface area (Å²) in [5.74, 6) is 1.29. The Morgan fingerprint density at radius 1 is 1.35 bits per heavy atom. The van der Waals surface area contributed by atoms with Crippen LogP contribution in [0, 0.1) is 0 Å². The number of ether oxygens (including phenoxy) is 1. The van der Waals surface area contributed by atoms with Gasteiger partial charge in [-0.2, -0.15) is 0 Å². The number of methoxy groups -OCH3 is 1. The highest BCUT2D eigenvalue weighted by atomic mass is 16.5. The third-order valence-corrected chi connectivity index (χ3v) is 3.72. The number of guanidine groups is 1. The van der Waals surface area contributed by atoms with Gasteiger partial charge in [0.25, 0.3) is 0 Å². The highest BCUT2D eigenvalue weighted by Gasteiger charge is 2.18. The average molecular weight is 321 g/mol. The summed E-state index contributed by atoms with van der Waals surface area (Å²) in [5, 5.41) is 3.11. The van der Waals surface area contributed by atoms with Crippen LogP contribution < -0.4 is 16.0 Å². The molecule has 1 aliphatic heterocycles. The van der Waals surface area contributed by atoms with Crippen LogP contribution in [0.5, 0.6) is 0 Å². The second kappa shape index (κ2) is 9.26. The minimum absolute atomic E-state index is 0.165. The van der Waals surface area contributed by atoms with Crippen molar-refractivity contribution in [1.29, 1.82) is 0 Å². The van der Waals surface area contributed by atoms with Crippen LogP contribution in [-0.2, 0) is 4.74 Å². The Bertz CT molecular complexity index is 474. The van der Waals surface area contributed by atoms with Crippen molar-refractivity contribution in [2.75, 3.05) is 57.9 Å². The fourth-order valence-electron chi connectivity index (χ4n) is 2.53. The lowest BCUT2D eigenvalue weighted by Crippen LogP contribution is -2.48. The molecule has 1 saturated heterocycles. The quantitative estimate of drug-likeness (QED) is 0.518. The van der Waals surface area contributed by atoms with E-state index in [-0.39, 0.29) is 6.04 Å². The van der Waals surface area contributed by atoms with Crippen molar-refractivity contribution in [2.45, 2.75) is 13.0 Å². The molecule has 0 aromatic carbocycles. The minimum atomic E-state index is 0.165. The third kappa shape index (κ3) is 5.99. The summed E-state index contributed by atoms with van der Waals surface area (Å²) in [7, 11) is 1.67. The van der Waals surface area contributed by atoms with Crippen molar-refractivity contribution in [3.63, 3.8) is 0 Å². The molecule has 0 aliphatic carbocycles. The molecule has 0 radical (unpaired) electrons. The summed E-state index contributed by atoms with van der Waals surface area (Å²) in [6.45, 7) is 8.07. The van der Waals surface area contributed by atoms with E-state index in [1.807, 2.05) is 13.0 Å². The number of nitrogens with two attached hydrogens (primary N) is 1. The second-order valence-corrected chi connectivity index (χ2v) is 5.65. The van der Waals surface area contributed by atoms with Gasteiger partial charge in [0, 0.05) is 58.3 Å². The van der Waals surface area contributed by atoms with E-state index in [0.29, 0.717) is 19.1 Å². The maximum absolute atomic E-state index is 5.86. The molecule has 1 unspecified atom stereocenters. The zero-order valence-corrected chi connectivity index (χ0v) is 14.0. The van der Waals surface area contributed by atoms with Crippen molar-refractivity contribution in [3.05, 3.63) is 18.5 Å². The lowest BCUT2D eigenvalue weighted by molar-refractivity contribution is 0.179. The molecule has 0 amide bonds. The Morgan fingerprint density at radius 2 is 2.04 bits per heavy atom. The standard InChI is InChI=1S/C15H27N7O/c1-13(12-23-2)20-14(16)17-6-7-21-8-10-22(11-9-21)15-18-4-3-5-19-15/h3-5,13H,6-12H2,1-2H3,(H3,16,17,20). The summed E-state index contributed by atoms with van der Waals surface area (Å²) >= 11 is 0. The molecule has 1 aromatic rings. The van der Waals surface area contributed by atoms with Crippen LogP contribution >= 0.6 is 0 Å². The fourth-order valence-corrected chi connectivity index (χ4v) is 2.53. The van der Waals surface area contributed by atoms with Gasteiger partial charge < -0.3 is 20.7 Å². The van der Waals surface area contributed by atoms with Gasteiger partial charge in [-0.3, -0.25) is 9.89 Å². The molecule has 2 rings (SSSR count). The highest BCUT2D eigenvalue weighted by Crippen LogP contribution is 2.09. The smallest absolute Gasteiger partial charge is 0.225 e. The van der Waals surface area contributed by atoms with E-state index in [1.54, 1.807) is 19.5 Å². The van der Waals surface area contributed by atoms with E-state index in [0.717, 1.165) is 38.7 Å². The second-order valence-electron chi connectivity index (χ2n) is 5.65. The van der Waals surface area contributed by atoms with Gasteiger partial charge in [0.05, 0.1) is 13.2 Å². The average Bonchev–Trinajstić information content (AvgIpc) is 2.56. The zero-order chi connectivity index (χ0) is 16.5. The molecule has 8 heteroatoms. The molecular formula is C15H27N7O. The molecule has 0 spiro atoms. The maximum atomic E-state index is 5.86. The number of aromatic nitrogens is 2. The first-order valence-corrected chi connectivity index (χ1v) is 7.98. The number of rotatable bonds is 7. The Hall–Kier alpha value is -1.93. The van der Waals surface area contributed by atoms with Crippen molar-refractivity contribution >= 4 is 11.9 Å². The van der Waals surface area contributed by atoms with Crippen molar-refractivity contribution in [2.24, 2.45) is 10.7 Å². The largest absolute Gasteiger partial charge is 0.383 e. The third-order valence-electron chi connectivity index (χ3n) is 3.72. The maximum Gasteiger partial charge on any atom is 0.225 e. The monoisotopic (exact) mass is 321 g/mol. The van der Waals surface area contributed by atoms with Crippen molar-refractivity contribution < 1.29 is 4.74 Å². The molecule has 1 aliphatic rings. The van der Waals surface area contributed by atoms with Gasteiger partial charge in [-0.15, -0.1) is 0 Å². The Kier molecular flexibility index (Phi) is 7.02. The van der Waals surface area contributed by atoms with Crippen LogP contribution in [0.1, 0.15) is 6.92 Å². The van der Waals surface area contributed by atoms with E-state index in [9.17, 15) is 0 Å². The number of hydrogen-bond acceptors (Lipinski definition) is 6. The summed E-state index contributed by atoms with van der Waals surface area (Å²) < 4.78 is 5.05. The van der Waals surface area contributed by atoms with E-state index < -0.39 is 0 Å². The van der Waals surface area contributed by atoms with Crippen LogP contribution in [0.4, 0.5) is 5.95 Å².